The highest BCUT2D eigenvalue weighted by Gasteiger charge is 2.21. The molecule has 0 aliphatic rings. The van der Waals surface area contributed by atoms with Gasteiger partial charge in [-0.2, -0.15) is 0 Å². The summed E-state index contributed by atoms with van der Waals surface area (Å²) in [5.41, 5.74) is 2.16. The molecule has 19 heavy (non-hydrogen) atoms. The first-order valence-electron chi connectivity index (χ1n) is 5.79. The SMILES string of the molecule is CCCC(Sc1nnc(-c2cccs2)o1)C(=O)NN. The zero-order valence-electron chi connectivity index (χ0n) is 10.3. The van der Waals surface area contributed by atoms with Crippen LogP contribution in [0, 0.1) is 0 Å². The first-order chi connectivity index (χ1) is 9.24. The molecule has 0 bridgehead atoms. The number of nitrogens with one attached hydrogen (secondary N) is 1. The van der Waals surface area contributed by atoms with Crippen molar-refractivity contribution >= 4 is 29.0 Å². The van der Waals surface area contributed by atoms with Gasteiger partial charge in [0.25, 0.3) is 11.1 Å². The van der Waals surface area contributed by atoms with Crippen LogP contribution in [0.25, 0.3) is 10.8 Å². The molecule has 0 saturated carbocycles. The number of nitrogens with zero attached hydrogens (tertiary/aromatic N) is 2. The maximum atomic E-state index is 11.6. The Bertz CT molecular complexity index is 527. The maximum absolute atomic E-state index is 11.6. The quantitative estimate of drug-likeness (QED) is 0.367. The highest BCUT2D eigenvalue weighted by molar-refractivity contribution is 8.00. The predicted octanol–water partition coefficient (Wildman–Crippen LogP) is 2.05. The number of hydrazine groups is 1. The second-order valence-corrected chi connectivity index (χ2v) is 5.86. The number of carbonyl (C=O) groups excluding carboxylic acids is 1. The molecule has 0 radical (unpaired) electrons. The number of thiophene rings is 1. The van der Waals surface area contributed by atoms with E-state index in [0.717, 1.165) is 11.3 Å². The number of amides is 1. The normalized spacial score (nSPS) is 12.3. The van der Waals surface area contributed by atoms with Crippen molar-refractivity contribution in [1.29, 1.82) is 0 Å². The molecule has 2 aromatic heterocycles. The van der Waals surface area contributed by atoms with E-state index in [1.165, 1.54) is 23.1 Å². The van der Waals surface area contributed by atoms with Crippen molar-refractivity contribution in [1.82, 2.24) is 15.6 Å². The molecule has 102 valence electrons. The number of hydrogen-bond donors (Lipinski definition) is 2. The summed E-state index contributed by atoms with van der Waals surface area (Å²) in [5, 5.41) is 9.92. The molecule has 0 aromatic carbocycles. The molecule has 1 atom stereocenters. The smallest absolute Gasteiger partial charge is 0.277 e. The lowest BCUT2D eigenvalue weighted by atomic mass is 10.2. The van der Waals surface area contributed by atoms with E-state index in [1.54, 1.807) is 0 Å². The summed E-state index contributed by atoms with van der Waals surface area (Å²) in [6.07, 6.45) is 1.57. The Hall–Kier alpha value is -1.38. The molecule has 0 aliphatic carbocycles. The summed E-state index contributed by atoms with van der Waals surface area (Å²) in [6, 6.07) is 3.82. The molecule has 8 heteroatoms. The Morgan fingerprint density at radius 1 is 1.63 bits per heavy atom. The molecule has 3 N–H and O–H groups in total. The molecule has 0 spiro atoms. The molecule has 1 unspecified atom stereocenters. The lowest BCUT2D eigenvalue weighted by molar-refractivity contribution is -0.120. The highest BCUT2D eigenvalue weighted by Crippen LogP contribution is 2.29. The van der Waals surface area contributed by atoms with Gasteiger partial charge in [0, 0.05) is 0 Å². The molecule has 6 nitrogen and oxygen atoms in total. The summed E-state index contributed by atoms with van der Waals surface area (Å²) >= 11 is 2.76. The molecule has 1 amide bonds. The van der Waals surface area contributed by atoms with Gasteiger partial charge < -0.3 is 4.42 Å². The standard InChI is InChI=1S/C11H14N4O2S2/c1-2-4-7(9(16)13-12)19-11-15-14-10(17-11)8-5-3-6-18-8/h3,5-7H,2,4,12H2,1H3,(H,13,16). The first kappa shape index (κ1) is 14.0. The van der Waals surface area contributed by atoms with E-state index in [-0.39, 0.29) is 11.2 Å². The third-order valence-corrected chi connectivity index (χ3v) is 4.33. The number of hydrogen-bond acceptors (Lipinski definition) is 7. The van der Waals surface area contributed by atoms with Crippen molar-refractivity contribution in [2.75, 3.05) is 0 Å². The monoisotopic (exact) mass is 298 g/mol. The van der Waals surface area contributed by atoms with Crippen LogP contribution in [-0.2, 0) is 4.79 Å². The van der Waals surface area contributed by atoms with Crippen LogP contribution in [-0.4, -0.2) is 21.4 Å². The van der Waals surface area contributed by atoms with E-state index in [4.69, 9.17) is 10.3 Å². The van der Waals surface area contributed by atoms with Gasteiger partial charge in [-0.1, -0.05) is 31.2 Å². The highest BCUT2D eigenvalue weighted by atomic mass is 32.2. The zero-order chi connectivity index (χ0) is 13.7. The van der Waals surface area contributed by atoms with Crippen molar-refractivity contribution in [2.45, 2.75) is 30.2 Å². The first-order valence-corrected chi connectivity index (χ1v) is 7.55. The average Bonchev–Trinajstić information content (AvgIpc) is 3.07. The van der Waals surface area contributed by atoms with Crippen LogP contribution in [0.2, 0.25) is 0 Å². The van der Waals surface area contributed by atoms with Crippen molar-refractivity contribution in [2.24, 2.45) is 5.84 Å². The average molecular weight is 298 g/mol. The number of carbonyl (C=O) groups is 1. The van der Waals surface area contributed by atoms with Gasteiger partial charge in [0.05, 0.1) is 10.1 Å². The maximum Gasteiger partial charge on any atom is 0.277 e. The third kappa shape index (κ3) is 3.55. The fourth-order valence-corrected chi connectivity index (χ4v) is 3.11. The van der Waals surface area contributed by atoms with Gasteiger partial charge in [0.2, 0.25) is 5.91 Å². The van der Waals surface area contributed by atoms with E-state index in [2.05, 4.69) is 15.6 Å². The van der Waals surface area contributed by atoms with Gasteiger partial charge in [-0.3, -0.25) is 10.2 Å². The molecule has 2 rings (SSSR count). The van der Waals surface area contributed by atoms with Gasteiger partial charge in [-0.05, 0) is 17.9 Å². The topological polar surface area (TPSA) is 94.0 Å². The zero-order valence-corrected chi connectivity index (χ0v) is 12.0. The molecule has 2 heterocycles. The Labute approximate surface area is 118 Å². The number of nitrogens with two attached hydrogens (primary N) is 1. The fraction of sp³-hybridized carbons (Fsp3) is 0.364. The van der Waals surface area contributed by atoms with Gasteiger partial charge in [-0.15, -0.1) is 21.5 Å². The summed E-state index contributed by atoms with van der Waals surface area (Å²) in [6.45, 7) is 2.00. The summed E-state index contributed by atoms with van der Waals surface area (Å²) in [7, 11) is 0. The van der Waals surface area contributed by atoms with Crippen LogP contribution in [0.1, 0.15) is 19.8 Å². The van der Waals surface area contributed by atoms with Crippen molar-refractivity contribution in [3.05, 3.63) is 17.5 Å². The predicted molar refractivity (Wildman–Crippen MR) is 74.5 cm³/mol. The van der Waals surface area contributed by atoms with Crippen molar-refractivity contribution in [3.63, 3.8) is 0 Å². The van der Waals surface area contributed by atoms with Gasteiger partial charge in [0.1, 0.15) is 0 Å². The number of thioether (sulfide) groups is 1. The second-order valence-electron chi connectivity index (χ2n) is 3.75. The van der Waals surface area contributed by atoms with Crippen LogP contribution in [0.15, 0.2) is 27.2 Å². The van der Waals surface area contributed by atoms with Crippen LogP contribution < -0.4 is 11.3 Å². The summed E-state index contributed by atoms with van der Waals surface area (Å²) in [4.78, 5) is 12.5. The van der Waals surface area contributed by atoms with Gasteiger partial charge in [0.15, 0.2) is 0 Å². The molecular weight excluding hydrogens is 284 g/mol. The van der Waals surface area contributed by atoms with Crippen LogP contribution >= 0.6 is 23.1 Å². The van der Waals surface area contributed by atoms with Crippen molar-refractivity contribution in [3.8, 4) is 10.8 Å². The minimum atomic E-state index is -0.313. The second kappa shape index (κ2) is 6.69. The summed E-state index contributed by atoms with van der Waals surface area (Å²) < 4.78 is 5.53. The molecule has 0 saturated heterocycles. The Kier molecular flexibility index (Phi) is 4.94. The lowest BCUT2D eigenvalue weighted by Gasteiger charge is -2.10. The Morgan fingerprint density at radius 3 is 3.11 bits per heavy atom. The fourth-order valence-electron chi connectivity index (χ4n) is 1.48. The molecule has 2 aromatic rings. The van der Waals surface area contributed by atoms with Crippen LogP contribution in [0.5, 0.6) is 0 Å². The molecule has 0 aliphatic heterocycles. The van der Waals surface area contributed by atoms with Gasteiger partial charge >= 0.3 is 0 Å². The third-order valence-electron chi connectivity index (χ3n) is 2.37. The Morgan fingerprint density at radius 2 is 2.47 bits per heavy atom. The minimum Gasteiger partial charge on any atom is -0.410 e. The van der Waals surface area contributed by atoms with Gasteiger partial charge in [-0.25, -0.2) is 5.84 Å². The van der Waals surface area contributed by atoms with E-state index in [1.807, 2.05) is 24.4 Å². The molecular formula is C11H14N4O2S2. The van der Waals surface area contributed by atoms with E-state index < -0.39 is 0 Å². The van der Waals surface area contributed by atoms with Crippen LogP contribution in [0.3, 0.4) is 0 Å². The largest absolute Gasteiger partial charge is 0.410 e. The Balaban J connectivity index is 2.07. The summed E-state index contributed by atoms with van der Waals surface area (Å²) in [5.74, 6) is 5.40. The lowest BCUT2D eigenvalue weighted by Crippen LogP contribution is -2.37. The van der Waals surface area contributed by atoms with E-state index in [9.17, 15) is 4.79 Å². The van der Waals surface area contributed by atoms with Crippen LogP contribution in [0.4, 0.5) is 0 Å². The molecule has 0 fully saturated rings. The van der Waals surface area contributed by atoms with Crippen molar-refractivity contribution < 1.29 is 9.21 Å². The number of aromatic nitrogens is 2. The number of rotatable bonds is 6. The van der Waals surface area contributed by atoms with E-state index >= 15 is 0 Å². The van der Waals surface area contributed by atoms with E-state index in [0.29, 0.717) is 17.5 Å². The minimum absolute atomic E-state index is 0.234.